The van der Waals surface area contributed by atoms with Crippen LogP contribution >= 0.6 is 21.6 Å². The molecule has 0 radical (unpaired) electrons. The SMILES string of the molecule is CC/C=C\C/C=C\C/C=C\C/C=C\C/C=C\C/C=C\CCC(=O)NCCSSC(C)C.NCC(=O)NCCCO. The van der Waals surface area contributed by atoms with Gasteiger partial charge in [-0.2, -0.15) is 0 Å². The van der Waals surface area contributed by atoms with E-state index in [0.29, 0.717) is 24.6 Å². The maximum atomic E-state index is 11.7. The number of carbonyl (C=O) groups is 2. The summed E-state index contributed by atoms with van der Waals surface area (Å²) in [6.07, 6.45) is 34.3. The topological polar surface area (TPSA) is 104 Å². The normalized spacial score (nSPS) is 12.1. The van der Waals surface area contributed by atoms with Crippen molar-refractivity contribution in [1.29, 1.82) is 0 Å². The van der Waals surface area contributed by atoms with Crippen molar-refractivity contribution in [2.75, 3.05) is 32.0 Å². The molecule has 0 unspecified atom stereocenters. The van der Waals surface area contributed by atoms with Crippen molar-refractivity contribution in [3.05, 3.63) is 72.9 Å². The molecule has 0 aromatic heterocycles. The Kier molecular flexibility index (Phi) is 35.1. The van der Waals surface area contributed by atoms with Crippen LogP contribution in [0.3, 0.4) is 0 Å². The lowest BCUT2D eigenvalue weighted by Gasteiger charge is -2.05. The molecule has 40 heavy (non-hydrogen) atoms. The molecule has 228 valence electrons. The molecule has 8 heteroatoms. The molecule has 0 spiro atoms. The summed E-state index contributed by atoms with van der Waals surface area (Å²) in [7, 11) is 3.68. The number of amides is 2. The fourth-order valence-corrected chi connectivity index (χ4v) is 4.65. The van der Waals surface area contributed by atoms with Gasteiger partial charge in [-0.25, -0.2) is 0 Å². The lowest BCUT2D eigenvalue weighted by atomic mass is 10.2. The summed E-state index contributed by atoms with van der Waals surface area (Å²) in [4.78, 5) is 22.1. The number of aliphatic hydroxyl groups excluding tert-OH is 1. The Bertz CT molecular complexity index is 761. The van der Waals surface area contributed by atoms with E-state index in [9.17, 15) is 9.59 Å². The number of carbonyl (C=O) groups excluding carboxylic acids is 2. The number of hydrogen-bond acceptors (Lipinski definition) is 6. The zero-order chi connectivity index (χ0) is 29.9. The van der Waals surface area contributed by atoms with Crippen LogP contribution in [0.15, 0.2) is 72.9 Å². The lowest BCUT2D eigenvalue weighted by molar-refractivity contribution is -0.121. The summed E-state index contributed by atoms with van der Waals surface area (Å²) in [6.45, 7) is 7.91. The van der Waals surface area contributed by atoms with Gasteiger partial charge in [0.15, 0.2) is 0 Å². The zero-order valence-corrected chi connectivity index (χ0v) is 26.7. The standard InChI is InChI=1S/C27H43NOS2.C5H12N2O2/c1-4-5-6-7-8-9-10-11-12-13-14-15-16-17-18-19-20-21-22-23-27(29)28-24-25-30-31-26(2)3;6-4-5(9)7-2-1-3-8/h5-6,8-9,11-12,14-15,17-18,20-21,26H,4,7,10,13,16,19,22-25H2,1-3H3,(H,28,29);8H,1-4,6H2,(H,7,9)/b6-5-,9-8-,12-11-,15-14-,18-17-,21-20-;. The Morgan fingerprint density at radius 1 is 0.750 bits per heavy atom. The van der Waals surface area contributed by atoms with Gasteiger partial charge in [-0.15, -0.1) is 0 Å². The lowest BCUT2D eigenvalue weighted by Crippen LogP contribution is -2.31. The number of nitrogens with one attached hydrogen (secondary N) is 2. The van der Waals surface area contributed by atoms with Crippen LogP contribution in [0.5, 0.6) is 0 Å². The van der Waals surface area contributed by atoms with Crippen molar-refractivity contribution in [2.45, 2.75) is 83.8 Å². The Balaban J connectivity index is 0. The van der Waals surface area contributed by atoms with Crippen molar-refractivity contribution < 1.29 is 14.7 Å². The van der Waals surface area contributed by atoms with Crippen LogP contribution in [0, 0.1) is 0 Å². The van der Waals surface area contributed by atoms with Gasteiger partial charge in [-0.1, -0.05) is 115 Å². The van der Waals surface area contributed by atoms with Crippen molar-refractivity contribution in [1.82, 2.24) is 10.6 Å². The van der Waals surface area contributed by atoms with Gasteiger partial charge < -0.3 is 21.5 Å². The average Bonchev–Trinajstić information content (AvgIpc) is 2.94. The summed E-state index contributed by atoms with van der Waals surface area (Å²) in [5, 5.41) is 14.4. The Morgan fingerprint density at radius 2 is 1.23 bits per heavy atom. The van der Waals surface area contributed by atoms with Crippen LogP contribution in [-0.4, -0.2) is 54.2 Å². The van der Waals surface area contributed by atoms with Crippen molar-refractivity contribution in [3.8, 4) is 0 Å². The first kappa shape index (κ1) is 40.1. The first-order valence-corrected chi connectivity index (χ1v) is 16.9. The van der Waals surface area contributed by atoms with E-state index in [1.165, 1.54) is 0 Å². The van der Waals surface area contributed by atoms with E-state index < -0.39 is 0 Å². The van der Waals surface area contributed by atoms with E-state index in [-0.39, 0.29) is 25.0 Å². The smallest absolute Gasteiger partial charge is 0.233 e. The predicted molar refractivity (Wildman–Crippen MR) is 179 cm³/mol. The molecule has 0 saturated carbocycles. The van der Waals surface area contributed by atoms with Gasteiger partial charge in [0.1, 0.15) is 0 Å². The number of nitrogens with two attached hydrogens (primary N) is 1. The van der Waals surface area contributed by atoms with Crippen LogP contribution < -0.4 is 16.4 Å². The van der Waals surface area contributed by atoms with E-state index in [1.54, 1.807) is 0 Å². The molecule has 0 aliphatic rings. The predicted octanol–water partition coefficient (Wildman–Crippen LogP) is 6.81. The van der Waals surface area contributed by atoms with Crippen LogP contribution in [0.1, 0.15) is 78.6 Å². The minimum Gasteiger partial charge on any atom is -0.396 e. The molecule has 0 saturated heterocycles. The fraction of sp³-hybridized carbons (Fsp3) is 0.562. The van der Waals surface area contributed by atoms with E-state index in [4.69, 9.17) is 10.8 Å². The fourth-order valence-electron chi connectivity index (χ4n) is 2.74. The highest BCUT2D eigenvalue weighted by molar-refractivity contribution is 8.76. The second-order valence-electron chi connectivity index (χ2n) is 8.90. The van der Waals surface area contributed by atoms with Gasteiger partial charge >= 0.3 is 0 Å². The summed E-state index contributed by atoms with van der Waals surface area (Å²) < 4.78 is 0. The minimum absolute atomic E-state index is 0.0193. The van der Waals surface area contributed by atoms with Gasteiger partial charge in [0.2, 0.25) is 11.8 Å². The highest BCUT2D eigenvalue weighted by Gasteiger charge is 1.99. The quantitative estimate of drug-likeness (QED) is 0.0589. The van der Waals surface area contributed by atoms with Gasteiger partial charge in [-0.3, -0.25) is 9.59 Å². The van der Waals surface area contributed by atoms with E-state index >= 15 is 0 Å². The molecule has 0 aliphatic heterocycles. The number of aliphatic hydroxyl groups is 1. The molecule has 5 N–H and O–H groups in total. The van der Waals surface area contributed by atoms with Crippen molar-refractivity contribution in [2.24, 2.45) is 5.73 Å². The third kappa shape index (κ3) is 38.1. The molecule has 0 bridgehead atoms. The molecule has 0 fully saturated rings. The Labute approximate surface area is 252 Å². The van der Waals surface area contributed by atoms with Gasteiger partial charge in [0.25, 0.3) is 0 Å². The third-order valence-electron chi connectivity index (χ3n) is 4.75. The molecule has 0 heterocycles. The van der Waals surface area contributed by atoms with Gasteiger partial charge in [0, 0.05) is 37.1 Å². The molecule has 0 aliphatic carbocycles. The molecule has 6 nitrogen and oxygen atoms in total. The van der Waals surface area contributed by atoms with E-state index in [0.717, 1.165) is 57.2 Å². The van der Waals surface area contributed by atoms with Crippen molar-refractivity contribution in [3.63, 3.8) is 0 Å². The number of hydrogen-bond donors (Lipinski definition) is 4. The molecular weight excluding hydrogens is 539 g/mol. The second-order valence-corrected chi connectivity index (χ2v) is 12.0. The molecule has 0 aromatic rings. The van der Waals surface area contributed by atoms with Gasteiger partial charge in [0.05, 0.1) is 6.54 Å². The summed E-state index contributed by atoms with van der Waals surface area (Å²) >= 11 is 0. The third-order valence-corrected chi connectivity index (χ3v) is 7.70. The average molecular weight is 594 g/mol. The van der Waals surface area contributed by atoms with Crippen molar-refractivity contribution >= 4 is 33.4 Å². The minimum atomic E-state index is -0.177. The monoisotopic (exact) mass is 593 g/mol. The van der Waals surface area contributed by atoms with Crippen LogP contribution in [0.4, 0.5) is 0 Å². The number of allylic oxidation sites excluding steroid dienone is 12. The second kappa shape index (κ2) is 35.0. The molecule has 0 aromatic carbocycles. The maximum Gasteiger partial charge on any atom is 0.233 e. The maximum absolute atomic E-state index is 11.7. The molecule has 0 atom stereocenters. The highest BCUT2D eigenvalue weighted by Crippen LogP contribution is 2.25. The zero-order valence-electron chi connectivity index (χ0n) is 25.1. The van der Waals surface area contributed by atoms with E-state index in [2.05, 4.69) is 104 Å². The summed E-state index contributed by atoms with van der Waals surface area (Å²) in [6, 6.07) is 0. The molecule has 0 rings (SSSR count). The summed E-state index contributed by atoms with van der Waals surface area (Å²) in [5.74, 6) is 0.937. The first-order valence-electron chi connectivity index (χ1n) is 14.5. The van der Waals surface area contributed by atoms with Crippen LogP contribution in [0.25, 0.3) is 0 Å². The Morgan fingerprint density at radius 3 is 1.68 bits per heavy atom. The molecule has 2 amide bonds. The number of rotatable bonds is 23. The van der Waals surface area contributed by atoms with Crippen LogP contribution in [-0.2, 0) is 9.59 Å². The summed E-state index contributed by atoms with van der Waals surface area (Å²) in [5.41, 5.74) is 4.98. The van der Waals surface area contributed by atoms with Gasteiger partial charge in [-0.05, 0) is 51.4 Å². The highest BCUT2D eigenvalue weighted by atomic mass is 33.1. The Hall–Kier alpha value is -2.00. The largest absolute Gasteiger partial charge is 0.396 e. The van der Waals surface area contributed by atoms with E-state index in [1.807, 2.05) is 21.6 Å². The molecular formula is C32H55N3O3S2. The van der Waals surface area contributed by atoms with Crippen LogP contribution in [0.2, 0.25) is 0 Å². The first-order chi connectivity index (χ1) is 19.5.